The van der Waals surface area contributed by atoms with Crippen molar-refractivity contribution in [1.82, 2.24) is 10.2 Å². The fourth-order valence-electron chi connectivity index (χ4n) is 3.52. The fraction of sp³-hybridized carbons (Fsp3) is 0.400. The van der Waals surface area contributed by atoms with Crippen LogP contribution < -0.4 is 5.32 Å². The van der Waals surface area contributed by atoms with Gasteiger partial charge >= 0.3 is 6.09 Å². The molecule has 4 heteroatoms. The number of hydrogen-bond acceptors (Lipinski definition) is 3. The van der Waals surface area contributed by atoms with Gasteiger partial charge in [-0.05, 0) is 50.3 Å². The van der Waals surface area contributed by atoms with Crippen molar-refractivity contribution in [2.75, 3.05) is 13.1 Å². The lowest BCUT2D eigenvalue weighted by atomic mass is 10.0. The molecule has 1 fully saturated rings. The van der Waals surface area contributed by atoms with Gasteiger partial charge in [0.1, 0.15) is 5.60 Å². The molecule has 154 valence electrons. The van der Waals surface area contributed by atoms with E-state index < -0.39 is 5.60 Å². The number of nitrogens with one attached hydrogen (secondary N) is 1. The van der Waals surface area contributed by atoms with Crippen molar-refractivity contribution in [3.63, 3.8) is 0 Å². The summed E-state index contributed by atoms with van der Waals surface area (Å²) in [4.78, 5) is 14.4. The summed E-state index contributed by atoms with van der Waals surface area (Å²) >= 11 is 0. The van der Waals surface area contributed by atoms with E-state index in [9.17, 15) is 4.79 Å². The Morgan fingerprint density at radius 3 is 2.38 bits per heavy atom. The number of amides is 1. The number of benzene rings is 2. The van der Waals surface area contributed by atoms with E-state index in [1.54, 1.807) is 0 Å². The summed E-state index contributed by atoms with van der Waals surface area (Å²) in [5.74, 6) is 0. The van der Waals surface area contributed by atoms with Crippen LogP contribution in [0.15, 0.2) is 54.6 Å². The van der Waals surface area contributed by atoms with Gasteiger partial charge in [0.05, 0.1) is 0 Å². The maximum absolute atomic E-state index is 11.9. The molecule has 0 atom stereocenters. The summed E-state index contributed by atoms with van der Waals surface area (Å²) in [5.41, 5.74) is 3.29. The smallest absolute Gasteiger partial charge is 0.407 e. The van der Waals surface area contributed by atoms with Gasteiger partial charge in [0.15, 0.2) is 0 Å². The maximum Gasteiger partial charge on any atom is 0.407 e. The maximum atomic E-state index is 11.9. The summed E-state index contributed by atoms with van der Waals surface area (Å²) in [6.45, 7) is 8.55. The molecule has 0 spiro atoms. The molecule has 0 aliphatic carbocycles. The topological polar surface area (TPSA) is 41.6 Å². The Morgan fingerprint density at radius 2 is 1.69 bits per heavy atom. The third-order valence-corrected chi connectivity index (χ3v) is 4.93. The first-order valence-corrected chi connectivity index (χ1v) is 10.4. The summed E-state index contributed by atoms with van der Waals surface area (Å²) in [6.07, 6.45) is 5.90. The van der Waals surface area contributed by atoms with Crippen molar-refractivity contribution >= 4 is 18.2 Å². The predicted octanol–water partition coefficient (Wildman–Crippen LogP) is 5.35. The zero-order valence-electron chi connectivity index (χ0n) is 17.7. The minimum atomic E-state index is -0.454. The predicted molar refractivity (Wildman–Crippen MR) is 119 cm³/mol. The average molecular weight is 393 g/mol. The molecule has 0 radical (unpaired) electrons. The van der Waals surface area contributed by atoms with Gasteiger partial charge in [0.2, 0.25) is 0 Å². The molecule has 29 heavy (non-hydrogen) atoms. The van der Waals surface area contributed by atoms with Crippen molar-refractivity contribution < 1.29 is 9.53 Å². The van der Waals surface area contributed by atoms with Crippen LogP contribution in [-0.2, 0) is 11.3 Å². The molecule has 1 saturated heterocycles. The Kier molecular flexibility index (Phi) is 7.10. The van der Waals surface area contributed by atoms with Crippen LogP contribution in [0.3, 0.4) is 0 Å². The van der Waals surface area contributed by atoms with Gasteiger partial charge < -0.3 is 10.1 Å². The van der Waals surface area contributed by atoms with Crippen molar-refractivity contribution in [1.29, 1.82) is 0 Å². The van der Waals surface area contributed by atoms with Crippen LogP contribution in [0.2, 0.25) is 0 Å². The summed E-state index contributed by atoms with van der Waals surface area (Å²) < 4.78 is 5.36. The zero-order valence-corrected chi connectivity index (χ0v) is 17.7. The molecule has 1 N–H and O–H groups in total. The van der Waals surface area contributed by atoms with Crippen LogP contribution >= 0.6 is 0 Å². The molecule has 1 heterocycles. The lowest BCUT2D eigenvalue weighted by Crippen LogP contribution is -2.45. The molecule has 2 aromatic rings. The van der Waals surface area contributed by atoms with Crippen molar-refractivity contribution in [3.05, 3.63) is 71.3 Å². The Hall–Kier alpha value is -2.59. The largest absolute Gasteiger partial charge is 0.444 e. The number of rotatable bonds is 5. The molecule has 2 aromatic carbocycles. The van der Waals surface area contributed by atoms with Crippen LogP contribution in [-0.4, -0.2) is 35.7 Å². The lowest BCUT2D eigenvalue weighted by molar-refractivity contribution is 0.0477. The SMILES string of the molecule is CC(C)(C)OC(=O)NC1CCN(Cc2cccc(/C=C/c3ccccc3)c2)CC1. The first-order chi connectivity index (χ1) is 13.9. The highest BCUT2D eigenvalue weighted by Crippen LogP contribution is 2.17. The van der Waals surface area contributed by atoms with Crippen LogP contribution in [0.25, 0.3) is 12.2 Å². The third-order valence-electron chi connectivity index (χ3n) is 4.93. The van der Waals surface area contributed by atoms with Crippen LogP contribution in [0.4, 0.5) is 4.79 Å². The van der Waals surface area contributed by atoms with Crippen LogP contribution in [0, 0.1) is 0 Å². The number of carbonyl (C=O) groups excluding carboxylic acids is 1. The van der Waals surface area contributed by atoms with E-state index in [1.165, 1.54) is 16.7 Å². The lowest BCUT2D eigenvalue weighted by Gasteiger charge is -2.32. The summed E-state index contributed by atoms with van der Waals surface area (Å²) in [6, 6.07) is 19.2. The molecular formula is C25H32N2O2. The molecule has 0 unspecified atom stereocenters. The van der Waals surface area contributed by atoms with Gasteiger partial charge in [-0.25, -0.2) is 4.79 Å². The second kappa shape index (κ2) is 9.75. The highest BCUT2D eigenvalue weighted by Gasteiger charge is 2.23. The number of alkyl carbamates (subject to hydrolysis) is 1. The van der Waals surface area contributed by atoms with E-state index in [4.69, 9.17) is 4.74 Å². The molecule has 0 bridgehead atoms. The van der Waals surface area contributed by atoms with Gasteiger partial charge in [0, 0.05) is 25.7 Å². The number of ether oxygens (including phenoxy) is 1. The van der Waals surface area contributed by atoms with Gasteiger partial charge in [0.25, 0.3) is 0 Å². The van der Waals surface area contributed by atoms with E-state index >= 15 is 0 Å². The summed E-state index contributed by atoms with van der Waals surface area (Å²) in [5, 5.41) is 3.00. The van der Waals surface area contributed by atoms with Gasteiger partial charge in [-0.3, -0.25) is 4.90 Å². The van der Waals surface area contributed by atoms with E-state index in [0.717, 1.165) is 32.5 Å². The minimum Gasteiger partial charge on any atom is -0.444 e. The molecule has 3 rings (SSSR count). The van der Waals surface area contributed by atoms with Crippen LogP contribution in [0.5, 0.6) is 0 Å². The number of likely N-dealkylation sites (tertiary alicyclic amines) is 1. The molecule has 1 amide bonds. The quantitative estimate of drug-likeness (QED) is 0.698. The molecular weight excluding hydrogens is 360 g/mol. The standard InChI is InChI=1S/C25H32N2O2/c1-25(2,3)29-24(28)26-23-14-16-27(17-15-23)19-22-11-7-10-21(18-22)13-12-20-8-5-4-6-9-20/h4-13,18,23H,14-17,19H2,1-3H3,(H,26,28)/b13-12+. The molecule has 0 saturated carbocycles. The van der Waals surface area contributed by atoms with Crippen LogP contribution in [0.1, 0.15) is 50.3 Å². The molecule has 4 nitrogen and oxygen atoms in total. The second-order valence-electron chi connectivity index (χ2n) is 8.69. The highest BCUT2D eigenvalue weighted by molar-refractivity contribution is 5.69. The Labute approximate surface area is 174 Å². The monoisotopic (exact) mass is 392 g/mol. The van der Waals surface area contributed by atoms with Gasteiger partial charge in [-0.15, -0.1) is 0 Å². The highest BCUT2D eigenvalue weighted by atomic mass is 16.6. The van der Waals surface area contributed by atoms with Crippen molar-refractivity contribution in [2.24, 2.45) is 0 Å². The average Bonchev–Trinajstić information content (AvgIpc) is 2.68. The number of carbonyl (C=O) groups is 1. The van der Waals surface area contributed by atoms with Crippen molar-refractivity contribution in [3.8, 4) is 0 Å². The van der Waals surface area contributed by atoms with Crippen molar-refractivity contribution in [2.45, 2.75) is 51.8 Å². The van der Waals surface area contributed by atoms with E-state index in [2.05, 4.69) is 70.9 Å². The molecule has 0 aromatic heterocycles. The number of piperidine rings is 1. The normalized spacial score (nSPS) is 16.1. The van der Waals surface area contributed by atoms with E-state index in [-0.39, 0.29) is 12.1 Å². The second-order valence-corrected chi connectivity index (χ2v) is 8.69. The number of nitrogens with zero attached hydrogens (tertiary/aromatic N) is 1. The molecule has 1 aliphatic heterocycles. The minimum absolute atomic E-state index is 0.196. The Balaban J connectivity index is 1.48. The van der Waals surface area contributed by atoms with E-state index in [1.807, 2.05) is 26.8 Å². The van der Waals surface area contributed by atoms with Gasteiger partial charge in [-0.2, -0.15) is 0 Å². The zero-order chi connectivity index (χ0) is 20.7. The molecule has 1 aliphatic rings. The Morgan fingerprint density at radius 1 is 1.03 bits per heavy atom. The van der Waals surface area contributed by atoms with E-state index in [0.29, 0.717) is 0 Å². The number of hydrogen-bond donors (Lipinski definition) is 1. The third kappa shape index (κ3) is 7.39. The summed E-state index contributed by atoms with van der Waals surface area (Å²) in [7, 11) is 0. The fourth-order valence-corrected chi connectivity index (χ4v) is 3.52. The Bertz CT molecular complexity index is 816. The first-order valence-electron chi connectivity index (χ1n) is 10.4. The first kappa shape index (κ1) is 21.1. The van der Waals surface area contributed by atoms with Gasteiger partial charge in [-0.1, -0.05) is 66.7 Å².